The van der Waals surface area contributed by atoms with Crippen molar-refractivity contribution < 1.29 is 36.5 Å². The van der Waals surface area contributed by atoms with Gasteiger partial charge in [-0.05, 0) is 18.2 Å². The summed E-state index contributed by atoms with van der Waals surface area (Å²) in [5, 5.41) is 29.7. The van der Waals surface area contributed by atoms with Crippen molar-refractivity contribution in [1.82, 2.24) is 4.31 Å². The lowest BCUT2D eigenvalue weighted by Gasteiger charge is -2.26. The molecule has 2 aromatic rings. The Bertz CT molecular complexity index is 1160. The van der Waals surface area contributed by atoms with Crippen molar-refractivity contribution in [3.8, 4) is 11.8 Å². The maximum absolute atomic E-state index is 13.8. The number of sulfonamides is 1. The molecular formula is C19H16ClF3N2O5S. The van der Waals surface area contributed by atoms with Crippen LogP contribution >= 0.6 is 11.6 Å². The molecule has 0 bridgehead atoms. The fourth-order valence-corrected chi connectivity index (χ4v) is 5.09. The molecule has 3 rings (SSSR count). The molecule has 0 saturated carbocycles. The Morgan fingerprint density at radius 2 is 1.90 bits per heavy atom. The lowest BCUT2D eigenvalue weighted by molar-refractivity contribution is -0.0455. The van der Waals surface area contributed by atoms with Gasteiger partial charge in [0.25, 0.3) is 0 Å². The molecule has 2 atom stereocenters. The normalized spacial score (nSPS) is 21.8. The fraction of sp³-hybridized carbons (Fsp3) is 0.316. The molecule has 166 valence electrons. The number of hydrogen-bond donors (Lipinski definition) is 2. The Morgan fingerprint density at radius 1 is 1.23 bits per heavy atom. The molecule has 0 radical (unpaired) electrons. The second-order valence-electron chi connectivity index (χ2n) is 7.02. The molecule has 1 saturated heterocycles. The van der Waals surface area contributed by atoms with Crippen molar-refractivity contribution in [1.29, 1.82) is 5.26 Å². The fourth-order valence-electron chi connectivity index (χ4n) is 3.24. The third-order valence-corrected chi connectivity index (χ3v) is 7.11. The van der Waals surface area contributed by atoms with Crippen LogP contribution < -0.4 is 4.74 Å². The van der Waals surface area contributed by atoms with Gasteiger partial charge in [0.2, 0.25) is 10.0 Å². The van der Waals surface area contributed by atoms with Crippen LogP contribution in [0, 0.1) is 34.7 Å². The number of β-amino-alcohol motifs (C(OH)–C–C–N with tert-alkyl or cyclic N) is 1. The van der Waals surface area contributed by atoms with E-state index in [4.69, 9.17) is 16.3 Å². The molecule has 2 N–H and O–H groups in total. The zero-order valence-corrected chi connectivity index (χ0v) is 17.3. The van der Waals surface area contributed by atoms with Gasteiger partial charge in [-0.1, -0.05) is 11.6 Å². The first-order valence-corrected chi connectivity index (χ1v) is 10.6. The van der Waals surface area contributed by atoms with Crippen LogP contribution in [0.2, 0.25) is 5.02 Å². The molecule has 0 aliphatic carbocycles. The second-order valence-corrected chi connectivity index (χ2v) is 9.36. The highest BCUT2D eigenvalue weighted by Gasteiger charge is 2.49. The molecule has 7 nitrogen and oxygen atoms in total. The third-order valence-electron chi connectivity index (χ3n) is 5.00. The van der Waals surface area contributed by atoms with Crippen LogP contribution in [0.15, 0.2) is 35.2 Å². The van der Waals surface area contributed by atoms with Crippen molar-refractivity contribution in [3.63, 3.8) is 0 Å². The summed E-state index contributed by atoms with van der Waals surface area (Å²) in [6, 6.07) is 6.13. The van der Waals surface area contributed by atoms with Gasteiger partial charge in [0.15, 0.2) is 23.2 Å². The molecule has 1 fully saturated rings. The Balaban J connectivity index is 1.85. The van der Waals surface area contributed by atoms with Gasteiger partial charge in [-0.15, -0.1) is 0 Å². The van der Waals surface area contributed by atoms with Gasteiger partial charge in [0.05, 0.1) is 18.8 Å². The van der Waals surface area contributed by atoms with Crippen LogP contribution in [0.5, 0.6) is 5.75 Å². The van der Waals surface area contributed by atoms with E-state index < -0.39 is 64.5 Å². The summed E-state index contributed by atoms with van der Waals surface area (Å²) in [5.74, 6) is -5.63. The van der Waals surface area contributed by atoms with Crippen molar-refractivity contribution in [3.05, 3.63) is 58.4 Å². The summed E-state index contributed by atoms with van der Waals surface area (Å²) >= 11 is 5.80. The molecule has 0 unspecified atom stereocenters. The zero-order chi connectivity index (χ0) is 23.0. The molecule has 0 spiro atoms. The summed E-state index contributed by atoms with van der Waals surface area (Å²) in [6.45, 7) is -2.23. The number of nitrogens with zero attached hydrogens (tertiary/aromatic N) is 2. The largest absolute Gasteiger partial charge is 0.490 e. The smallest absolute Gasteiger partial charge is 0.244 e. The number of ether oxygens (including phenoxy) is 1. The van der Waals surface area contributed by atoms with E-state index in [0.717, 1.165) is 10.4 Å². The Morgan fingerprint density at radius 3 is 2.55 bits per heavy atom. The molecule has 31 heavy (non-hydrogen) atoms. The average Bonchev–Trinajstić information content (AvgIpc) is 3.07. The molecule has 12 heteroatoms. The highest BCUT2D eigenvalue weighted by Crippen LogP contribution is 2.34. The van der Waals surface area contributed by atoms with Crippen molar-refractivity contribution in [2.24, 2.45) is 5.92 Å². The average molecular weight is 477 g/mol. The monoisotopic (exact) mass is 476 g/mol. The Hall–Kier alpha value is -2.36. The molecular weight excluding hydrogens is 461 g/mol. The van der Waals surface area contributed by atoms with Crippen LogP contribution in [-0.2, 0) is 10.0 Å². The molecule has 0 aromatic heterocycles. The lowest BCUT2D eigenvalue weighted by atomic mass is 9.92. The van der Waals surface area contributed by atoms with Crippen molar-refractivity contribution >= 4 is 21.6 Å². The van der Waals surface area contributed by atoms with E-state index in [0.29, 0.717) is 6.07 Å². The first kappa shape index (κ1) is 23.3. The SMILES string of the molecule is N#Cc1cc(Cl)ccc1S(=O)(=O)N1C[C@H](COc2cc(F)c(F)cc2F)[C@](O)(CO)C1. The molecule has 2 aromatic carbocycles. The first-order valence-electron chi connectivity index (χ1n) is 8.82. The number of halogens is 4. The highest BCUT2D eigenvalue weighted by molar-refractivity contribution is 7.89. The number of rotatable bonds is 6. The predicted octanol–water partition coefficient (Wildman–Crippen LogP) is 2.05. The van der Waals surface area contributed by atoms with Crippen LogP contribution in [0.25, 0.3) is 0 Å². The van der Waals surface area contributed by atoms with Gasteiger partial charge < -0.3 is 14.9 Å². The highest BCUT2D eigenvalue weighted by atomic mass is 35.5. The summed E-state index contributed by atoms with van der Waals surface area (Å²) in [6.07, 6.45) is 0. The predicted molar refractivity (Wildman–Crippen MR) is 102 cm³/mol. The topological polar surface area (TPSA) is 111 Å². The number of nitriles is 1. The van der Waals surface area contributed by atoms with E-state index in [2.05, 4.69) is 0 Å². The van der Waals surface area contributed by atoms with E-state index in [1.54, 1.807) is 6.07 Å². The zero-order valence-electron chi connectivity index (χ0n) is 15.7. The number of hydrogen-bond acceptors (Lipinski definition) is 6. The van der Waals surface area contributed by atoms with Gasteiger partial charge in [0, 0.05) is 36.2 Å². The van der Waals surface area contributed by atoms with E-state index in [9.17, 15) is 37.1 Å². The first-order chi connectivity index (χ1) is 14.5. The van der Waals surface area contributed by atoms with Crippen molar-refractivity contribution in [2.75, 3.05) is 26.3 Å². The van der Waals surface area contributed by atoms with Gasteiger partial charge in [-0.3, -0.25) is 0 Å². The Labute approximate surface area is 180 Å². The molecule has 1 heterocycles. The van der Waals surface area contributed by atoms with Gasteiger partial charge in [0.1, 0.15) is 16.6 Å². The van der Waals surface area contributed by atoms with E-state index >= 15 is 0 Å². The van der Waals surface area contributed by atoms with Crippen LogP contribution in [0.4, 0.5) is 13.2 Å². The minimum Gasteiger partial charge on any atom is -0.490 e. The summed E-state index contributed by atoms with van der Waals surface area (Å²) in [4.78, 5) is -0.340. The number of benzene rings is 2. The minimum absolute atomic E-state index is 0.156. The second kappa shape index (κ2) is 8.64. The number of aliphatic hydroxyl groups is 2. The van der Waals surface area contributed by atoms with Gasteiger partial charge in [-0.2, -0.15) is 9.57 Å². The summed E-state index contributed by atoms with van der Waals surface area (Å²) in [5.41, 5.74) is -2.16. The Kier molecular flexibility index (Phi) is 6.50. The van der Waals surface area contributed by atoms with E-state index in [1.807, 2.05) is 0 Å². The maximum Gasteiger partial charge on any atom is 0.244 e. The van der Waals surface area contributed by atoms with Crippen LogP contribution in [0.3, 0.4) is 0 Å². The lowest BCUT2D eigenvalue weighted by Crippen LogP contribution is -2.44. The summed E-state index contributed by atoms with van der Waals surface area (Å²) < 4.78 is 72.3. The molecule has 0 amide bonds. The number of aliphatic hydroxyl groups excluding tert-OH is 1. The van der Waals surface area contributed by atoms with Crippen LogP contribution in [0.1, 0.15) is 5.56 Å². The minimum atomic E-state index is -4.27. The quantitative estimate of drug-likeness (QED) is 0.617. The standard InChI is InChI=1S/C19H16ClF3N2O5S/c20-13-1-2-18(11(3-13)6-24)31(28,29)25-7-12(19(27,9-25)10-26)8-30-17-5-15(22)14(21)4-16(17)23/h1-5,12,26-27H,7-10H2/t12-,19-/m1/s1. The third kappa shape index (κ3) is 4.49. The van der Waals surface area contributed by atoms with Gasteiger partial charge in [-0.25, -0.2) is 21.6 Å². The van der Waals surface area contributed by atoms with Crippen LogP contribution in [-0.4, -0.2) is 54.8 Å². The maximum atomic E-state index is 13.8. The van der Waals surface area contributed by atoms with Crippen molar-refractivity contribution in [2.45, 2.75) is 10.5 Å². The summed E-state index contributed by atoms with van der Waals surface area (Å²) in [7, 11) is -4.27. The van der Waals surface area contributed by atoms with Gasteiger partial charge >= 0.3 is 0 Å². The molecule has 1 aliphatic rings. The van der Waals surface area contributed by atoms with E-state index in [1.165, 1.54) is 12.1 Å². The van der Waals surface area contributed by atoms with E-state index in [-0.39, 0.29) is 28.1 Å². The molecule has 1 aliphatic heterocycles.